The number of aromatic nitrogens is 1. The van der Waals surface area contributed by atoms with Crippen molar-refractivity contribution in [3.8, 4) is 5.75 Å². The first kappa shape index (κ1) is 19.9. The number of likely N-dealkylation sites (tertiary alicyclic amines) is 1. The van der Waals surface area contributed by atoms with Crippen LogP contribution in [0.4, 0.5) is 0 Å². The van der Waals surface area contributed by atoms with Gasteiger partial charge in [0.05, 0.1) is 11.7 Å². The minimum Gasteiger partial charge on any atom is -0.490 e. The maximum atomic E-state index is 12.5. The van der Waals surface area contributed by atoms with Gasteiger partial charge in [0.2, 0.25) is 0 Å². The fourth-order valence-corrected chi connectivity index (χ4v) is 4.27. The van der Waals surface area contributed by atoms with Crippen molar-refractivity contribution in [1.82, 2.24) is 14.8 Å². The molecule has 4 rings (SSSR count). The normalized spacial score (nSPS) is 21.6. The number of nitrogens with zero attached hydrogens (tertiary/aromatic N) is 3. The molecule has 1 aliphatic carbocycles. The highest BCUT2D eigenvalue weighted by Gasteiger charge is 2.32. The van der Waals surface area contributed by atoms with Gasteiger partial charge in [-0.15, -0.1) is 0 Å². The maximum absolute atomic E-state index is 12.5. The van der Waals surface area contributed by atoms with E-state index < -0.39 is 0 Å². The quantitative estimate of drug-likeness (QED) is 0.715. The number of carbonyl (C=O) groups excluding carboxylic acids is 1. The molecule has 2 heterocycles. The van der Waals surface area contributed by atoms with Crippen LogP contribution in [0.5, 0.6) is 5.75 Å². The number of benzene rings is 1. The molecule has 1 saturated heterocycles. The molecule has 0 spiro atoms. The Morgan fingerprint density at radius 1 is 1.14 bits per heavy atom. The fraction of sp³-hybridized carbons (Fsp3) is 0.500. The molecule has 154 valence electrons. The van der Waals surface area contributed by atoms with Crippen molar-refractivity contribution in [3.05, 3.63) is 59.4 Å². The van der Waals surface area contributed by atoms with Gasteiger partial charge in [0.15, 0.2) is 0 Å². The Morgan fingerprint density at radius 2 is 1.86 bits per heavy atom. The van der Waals surface area contributed by atoms with Gasteiger partial charge in [0.1, 0.15) is 5.75 Å². The van der Waals surface area contributed by atoms with Gasteiger partial charge in [-0.2, -0.15) is 0 Å². The van der Waals surface area contributed by atoms with E-state index >= 15 is 0 Å². The zero-order valence-corrected chi connectivity index (χ0v) is 17.5. The predicted octanol–water partition coefficient (Wildman–Crippen LogP) is 3.92. The van der Waals surface area contributed by atoms with Gasteiger partial charge in [-0.1, -0.05) is 12.1 Å². The smallest absolute Gasteiger partial charge is 0.255 e. The van der Waals surface area contributed by atoms with E-state index in [9.17, 15) is 4.79 Å². The standard InChI is InChI=1S/C24H31N3O2/c1-18-5-8-21(15-25-18)24(28)26(2)16-20-13-23(14-20)29-22-9-6-19(7-10-22)17-27-11-3-4-12-27/h5-10,15,20,23H,3-4,11-14,16-17H2,1-2H3. The summed E-state index contributed by atoms with van der Waals surface area (Å²) in [5.74, 6) is 1.49. The van der Waals surface area contributed by atoms with Crippen LogP contribution < -0.4 is 4.74 Å². The van der Waals surface area contributed by atoms with E-state index in [2.05, 4.69) is 34.1 Å². The topological polar surface area (TPSA) is 45.7 Å². The van der Waals surface area contributed by atoms with Gasteiger partial charge in [-0.25, -0.2) is 0 Å². The second-order valence-corrected chi connectivity index (χ2v) is 8.58. The van der Waals surface area contributed by atoms with Gasteiger partial charge >= 0.3 is 0 Å². The van der Waals surface area contributed by atoms with Gasteiger partial charge in [-0.05, 0) is 81.4 Å². The highest BCUT2D eigenvalue weighted by Crippen LogP contribution is 2.32. The van der Waals surface area contributed by atoms with E-state index in [1.54, 1.807) is 11.1 Å². The molecular weight excluding hydrogens is 362 g/mol. The van der Waals surface area contributed by atoms with Crippen LogP contribution in [-0.2, 0) is 6.54 Å². The summed E-state index contributed by atoms with van der Waals surface area (Å²) in [5, 5.41) is 0. The Hall–Kier alpha value is -2.40. The molecule has 1 saturated carbocycles. The summed E-state index contributed by atoms with van der Waals surface area (Å²) in [4.78, 5) is 21.0. The lowest BCUT2D eigenvalue weighted by molar-refractivity contribution is 0.0419. The largest absolute Gasteiger partial charge is 0.490 e. The fourth-order valence-electron chi connectivity index (χ4n) is 4.27. The van der Waals surface area contributed by atoms with Crippen LogP contribution in [0.25, 0.3) is 0 Å². The van der Waals surface area contributed by atoms with E-state index in [1.807, 2.05) is 26.1 Å². The van der Waals surface area contributed by atoms with Crippen LogP contribution >= 0.6 is 0 Å². The third-order valence-electron chi connectivity index (χ3n) is 6.06. The Balaban J connectivity index is 1.19. The Morgan fingerprint density at radius 3 is 2.52 bits per heavy atom. The molecule has 0 unspecified atom stereocenters. The Kier molecular flexibility index (Phi) is 6.14. The van der Waals surface area contributed by atoms with Gasteiger partial charge < -0.3 is 9.64 Å². The van der Waals surface area contributed by atoms with Crippen molar-refractivity contribution < 1.29 is 9.53 Å². The van der Waals surface area contributed by atoms with Crippen LogP contribution in [-0.4, -0.2) is 53.5 Å². The molecule has 5 nitrogen and oxygen atoms in total. The number of hydrogen-bond donors (Lipinski definition) is 0. The van der Waals surface area contributed by atoms with Crippen molar-refractivity contribution in [2.45, 2.75) is 45.3 Å². The SMILES string of the molecule is Cc1ccc(C(=O)N(C)CC2CC(Oc3ccc(CN4CCCC4)cc3)C2)cn1. The highest BCUT2D eigenvalue weighted by molar-refractivity contribution is 5.93. The van der Waals surface area contributed by atoms with E-state index in [4.69, 9.17) is 4.74 Å². The van der Waals surface area contributed by atoms with E-state index in [1.165, 1.54) is 31.5 Å². The number of carbonyl (C=O) groups is 1. The third-order valence-corrected chi connectivity index (χ3v) is 6.06. The van der Waals surface area contributed by atoms with Gasteiger partial charge in [-0.3, -0.25) is 14.7 Å². The zero-order valence-electron chi connectivity index (χ0n) is 17.5. The second-order valence-electron chi connectivity index (χ2n) is 8.58. The zero-order chi connectivity index (χ0) is 20.2. The molecule has 1 aromatic heterocycles. The summed E-state index contributed by atoms with van der Waals surface area (Å²) in [6.07, 6.45) is 6.57. The summed E-state index contributed by atoms with van der Waals surface area (Å²) in [6, 6.07) is 12.3. The summed E-state index contributed by atoms with van der Waals surface area (Å²) in [7, 11) is 1.87. The monoisotopic (exact) mass is 393 g/mol. The molecule has 1 aromatic carbocycles. The van der Waals surface area contributed by atoms with Gasteiger partial charge in [0, 0.05) is 32.0 Å². The van der Waals surface area contributed by atoms with Crippen LogP contribution in [0.3, 0.4) is 0 Å². The molecule has 0 N–H and O–H groups in total. The van der Waals surface area contributed by atoms with E-state index in [0.29, 0.717) is 11.5 Å². The van der Waals surface area contributed by atoms with Gasteiger partial charge in [0.25, 0.3) is 5.91 Å². The maximum Gasteiger partial charge on any atom is 0.255 e. The summed E-state index contributed by atoms with van der Waals surface area (Å²) in [6.45, 7) is 6.18. The van der Waals surface area contributed by atoms with Crippen molar-refractivity contribution in [1.29, 1.82) is 0 Å². The molecular formula is C24H31N3O2. The molecule has 2 aromatic rings. The molecule has 0 bridgehead atoms. The first-order chi connectivity index (χ1) is 14.1. The first-order valence-corrected chi connectivity index (χ1v) is 10.7. The number of ether oxygens (including phenoxy) is 1. The average Bonchev–Trinajstić information content (AvgIpc) is 3.20. The summed E-state index contributed by atoms with van der Waals surface area (Å²) in [5.41, 5.74) is 2.93. The van der Waals surface area contributed by atoms with Crippen LogP contribution in [0.2, 0.25) is 0 Å². The molecule has 29 heavy (non-hydrogen) atoms. The number of pyridine rings is 1. The van der Waals surface area contributed by atoms with Crippen molar-refractivity contribution in [2.24, 2.45) is 5.92 Å². The molecule has 5 heteroatoms. The summed E-state index contributed by atoms with van der Waals surface area (Å²) >= 11 is 0. The Bertz CT molecular complexity index is 807. The molecule has 0 radical (unpaired) electrons. The third kappa shape index (κ3) is 5.15. The first-order valence-electron chi connectivity index (χ1n) is 10.7. The lowest BCUT2D eigenvalue weighted by Gasteiger charge is -2.37. The number of aryl methyl sites for hydroxylation is 1. The van der Waals surface area contributed by atoms with Crippen molar-refractivity contribution >= 4 is 5.91 Å². The molecule has 2 aliphatic rings. The van der Waals surface area contributed by atoms with Crippen LogP contribution in [0, 0.1) is 12.8 Å². The lowest BCUT2D eigenvalue weighted by Crippen LogP contribution is -2.41. The molecule has 1 aliphatic heterocycles. The number of hydrogen-bond acceptors (Lipinski definition) is 4. The Labute approximate surface area is 173 Å². The molecule has 0 atom stereocenters. The molecule has 2 fully saturated rings. The average molecular weight is 394 g/mol. The minimum absolute atomic E-state index is 0.0375. The number of amides is 1. The predicted molar refractivity (Wildman–Crippen MR) is 114 cm³/mol. The minimum atomic E-state index is 0.0375. The second kappa shape index (κ2) is 8.95. The molecule has 1 amide bonds. The number of rotatable bonds is 7. The highest BCUT2D eigenvalue weighted by atomic mass is 16.5. The van der Waals surface area contributed by atoms with Crippen LogP contribution in [0.15, 0.2) is 42.6 Å². The lowest BCUT2D eigenvalue weighted by atomic mass is 9.82. The van der Waals surface area contributed by atoms with Crippen molar-refractivity contribution in [3.63, 3.8) is 0 Å². The summed E-state index contributed by atoms with van der Waals surface area (Å²) < 4.78 is 6.12. The van der Waals surface area contributed by atoms with E-state index in [-0.39, 0.29) is 12.0 Å². The van der Waals surface area contributed by atoms with Crippen LogP contribution in [0.1, 0.15) is 47.3 Å². The van der Waals surface area contributed by atoms with Crippen molar-refractivity contribution in [2.75, 3.05) is 26.7 Å². The van der Waals surface area contributed by atoms with E-state index in [0.717, 1.165) is 37.4 Å².